The molecule has 0 fully saturated rings. The molecular formula is C7H12N2. The lowest BCUT2D eigenvalue weighted by Crippen LogP contribution is -2.05. The minimum absolute atomic E-state index is 0.324. The molecule has 0 amide bonds. The Balaban J connectivity index is 2.76. The van der Waals surface area contributed by atoms with Crippen LogP contribution in [0.1, 0.15) is 20.8 Å². The van der Waals surface area contributed by atoms with Gasteiger partial charge >= 0.3 is 0 Å². The van der Waals surface area contributed by atoms with Crippen molar-refractivity contribution in [1.82, 2.24) is 0 Å². The maximum absolute atomic E-state index is 4.03. The number of rotatable bonds is 0. The Morgan fingerprint density at radius 2 is 1.67 bits per heavy atom. The Kier molecular flexibility index (Phi) is 1.65. The van der Waals surface area contributed by atoms with Gasteiger partial charge in [0.25, 0.3) is 0 Å². The van der Waals surface area contributed by atoms with Crippen LogP contribution in [0.4, 0.5) is 0 Å². The fourth-order valence-electron chi connectivity index (χ4n) is 1.16. The van der Waals surface area contributed by atoms with Gasteiger partial charge in [-0.15, -0.1) is 0 Å². The van der Waals surface area contributed by atoms with E-state index in [-0.39, 0.29) is 0 Å². The minimum Gasteiger partial charge on any atom is -0.186 e. The summed E-state index contributed by atoms with van der Waals surface area (Å²) in [6.07, 6.45) is 2.11. The predicted molar refractivity (Wildman–Crippen MR) is 37.5 cm³/mol. The molecule has 1 aliphatic heterocycles. The zero-order chi connectivity index (χ0) is 6.85. The van der Waals surface area contributed by atoms with Crippen molar-refractivity contribution >= 4 is 0 Å². The largest absolute Gasteiger partial charge is 0.186 e. The second-order valence-corrected chi connectivity index (χ2v) is 2.37. The van der Waals surface area contributed by atoms with E-state index >= 15 is 0 Å². The van der Waals surface area contributed by atoms with E-state index in [1.54, 1.807) is 0 Å². The lowest BCUT2D eigenvalue weighted by Gasteiger charge is -2.02. The van der Waals surface area contributed by atoms with E-state index < -0.39 is 0 Å². The molecule has 2 heteroatoms. The Labute approximate surface area is 55.7 Å². The monoisotopic (exact) mass is 124 g/mol. The summed E-state index contributed by atoms with van der Waals surface area (Å²) in [5, 5.41) is 8.05. The third-order valence-corrected chi connectivity index (χ3v) is 1.71. The zero-order valence-electron chi connectivity index (χ0n) is 6.13. The van der Waals surface area contributed by atoms with Crippen molar-refractivity contribution in [1.29, 1.82) is 0 Å². The number of azo groups is 1. The van der Waals surface area contributed by atoms with Crippen LogP contribution in [-0.4, -0.2) is 12.1 Å². The average Bonchev–Trinajstić information content (AvgIpc) is 2.12. The van der Waals surface area contributed by atoms with Gasteiger partial charge in [-0.3, -0.25) is 0 Å². The van der Waals surface area contributed by atoms with E-state index in [2.05, 4.69) is 30.2 Å². The number of hydrogen-bond donors (Lipinski definition) is 0. The summed E-state index contributed by atoms with van der Waals surface area (Å²) in [5.41, 5.74) is 1.34. The summed E-state index contributed by atoms with van der Waals surface area (Å²) in [4.78, 5) is 0. The van der Waals surface area contributed by atoms with Crippen LogP contribution >= 0.6 is 0 Å². The van der Waals surface area contributed by atoms with Gasteiger partial charge in [-0.05, 0) is 26.3 Å². The molecule has 9 heavy (non-hydrogen) atoms. The first-order valence-electron chi connectivity index (χ1n) is 3.31. The molecule has 0 aliphatic carbocycles. The lowest BCUT2D eigenvalue weighted by atomic mass is 10.1. The van der Waals surface area contributed by atoms with E-state index in [1.165, 1.54) is 5.57 Å². The van der Waals surface area contributed by atoms with Crippen LogP contribution in [-0.2, 0) is 0 Å². The van der Waals surface area contributed by atoms with Crippen LogP contribution < -0.4 is 0 Å². The fourth-order valence-corrected chi connectivity index (χ4v) is 1.16. The Bertz CT molecular complexity index is 144. The van der Waals surface area contributed by atoms with Crippen molar-refractivity contribution in [2.45, 2.75) is 32.9 Å². The molecule has 0 bridgehead atoms. The summed E-state index contributed by atoms with van der Waals surface area (Å²) in [5.74, 6) is 0. The molecule has 1 aliphatic rings. The number of allylic oxidation sites excluding steroid dienone is 1. The normalized spacial score (nSPS) is 38.3. The molecule has 0 saturated carbocycles. The summed E-state index contributed by atoms with van der Waals surface area (Å²) < 4.78 is 0. The molecule has 0 aromatic carbocycles. The smallest absolute Gasteiger partial charge is 0.0910 e. The van der Waals surface area contributed by atoms with Crippen LogP contribution in [0.25, 0.3) is 0 Å². The highest BCUT2D eigenvalue weighted by Crippen LogP contribution is 2.21. The van der Waals surface area contributed by atoms with Crippen molar-refractivity contribution in [3.05, 3.63) is 11.6 Å². The molecule has 0 N–H and O–H groups in total. The lowest BCUT2D eigenvalue weighted by molar-refractivity contribution is 0.857. The van der Waals surface area contributed by atoms with Crippen LogP contribution in [0, 0.1) is 0 Å². The first kappa shape index (κ1) is 6.46. The molecule has 0 spiro atoms. The van der Waals surface area contributed by atoms with Crippen LogP contribution in [0.5, 0.6) is 0 Å². The highest BCUT2D eigenvalue weighted by atomic mass is 15.2. The second-order valence-electron chi connectivity index (χ2n) is 2.37. The molecule has 0 aromatic heterocycles. The number of hydrogen-bond acceptors (Lipinski definition) is 2. The van der Waals surface area contributed by atoms with E-state index in [0.29, 0.717) is 12.1 Å². The molecule has 2 atom stereocenters. The summed E-state index contributed by atoms with van der Waals surface area (Å²) in [6.45, 7) is 6.18. The molecule has 50 valence electrons. The van der Waals surface area contributed by atoms with E-state index in [9.17, 15) is 0 Å². The Hall–Kier alpha value is -0.660. The van der Waals surface area contributed by atoms with Gasteiger partial charge in [0.15, 0.2) is 0 Å². The van der Waals surface area contributed by atoms with Crippen LogP contribution in [0.3, 0.4) is 0 Å². The fraction of sp³-hybridized carbons (Fsp3) is 0.714. The first-order chi connectivity index (χ1) is 4.25. The zero-order valence-corrected chi connectivity index (χ0v) is 6.13. The molecule has 0 aromatic rings. The van der Waals surface area contributed by atoms with Crippen LogP contribution in [0.2, 0.25) is 0 Å². The number of nitrogens with zero attached hydrogens (tertiary/aromatic N) is 2. The van der Waals surface area contributed by atoms with E-state index in [4.69, 9.17) is 0 Å². The van der Waals surface area contributed by atoms with Gasteiger partial charge in [-0.2, -0.15) is 10.2 Å². The highest BCUT2D eigenvalue weighted by Gasteiger charge is 2.19. The van der Waals surface area contributed by atoms with Gasteiger partial charge < -0.3 is 0 Å². The average molecular weight is 124 g/mol. The Morgan fingerprint density at radius 1 is 1.22 bits per heavy atom. The molecule has 0 saturated heterocycles. The summed E-state index contributed by atoms with van der Waals surface area (Å²) in [6, 6.07) is 0.648. The van der Waals surface area contributed by atoms with Crippen molar-refractivity contribution in [3.63, 3.8) is 0 Å². The molecule has 0 radical (unpaired) electrons. The maximum Gasteiger partial charge on any atom is 0.0910 e. The molecule has 1 heterocycles. The molecule has 1 rings (SSSR count). The minimum atomic E-state index is 0.324. The van der Waals surface area contributed by atoms with Gasteiger partial charge in [-0.1, -0.05) is 6.08 Å². The predicted octanol–water partition coefficient (Wildman–Crippen LogP) is 2.18. The third kappa shape index (κ3) is 1.02. The van der Waals surface area contributed by atoms with Gasteiger partial charge in [0.1, 0.15) is 0 Å². The van der Waals surface area contributed by atoms with E-state index in [0.717, 1.165) is 0 Å². The van der Waals surface area contributed by atoms with Crippen molar-refractivity contribution < 1.29 is 0 Å². The van der Waals surface area contributed by atoms with Crippen LogP contribution in [0.15, 0.2) is 21.9 Å². The summed E-state index contributed by atoms with van der Waals surface area (Å²) >= 11 is 0. The SMILES string of the molecule is CC=C1[C@H](C)N=N[C@@H]1C. The van der Waals surface area contributed by atoms with E-state index in [1.807, 2.05) is 6.92 Å². The van der Waals surface area contributed by atoms with Crippen molar-refractivity contribution in [2.75, 3.05) is 0 Å². The Morgan fingerprint density at radius 3 is 1.89 bits per heavy atom. The highest BCUT2D eigenvalue weighted by molar-refractivity contribution is 5.18. The first-order valence-corrected chi connectivity index (χ1v) is 3.31. The maximum atomic E-state index is 4.03. The van der Waals surface area contributed by atoms with Gasteiger partial charge in [0.05, 0.1) is 12.1 Å². The van der Waals surface area contributed by atoms with Crippen molar-refractivity contribution in [2.24, 2.45) is 10.2 Å². The third-order valence-electron chi connectivity index (χ3n) is 1.71. The van der Waals surface area contributed by atoms with Gasteiger partial charge in [0.2, 0.25) is 0 Å². The molecule has 0 unspecified atom stereocenters. The topological polar surface area (TPSA) is 24.7 Å². The van der Waals surface area contributed by atoms with Gasteiger partial charge in [-0.25, -0.2) is 0 Å². The summed E-state index contributed by atoms with van der Waals surface area (Å²) in [7, 11) is 0. The molecule has 2 nitrogen and oxygen atoms in total. The molecular weight excluding hydrogens is 112 g/mol. The van der Waals surface area contributed by atoms with Gasteiger partial charge in [0, 0.05) is 0 Å². The second kappa shape index (κ2) is 2.29. The quantitative estimate of drug-likeness (QED) is 0.442. The van der Waals surface area contributed by atoms with Crippen molar-refractivity contribution in [3.8, 4) is 0 Å². The standard InChI is InChI=1S/C7H12N2/c1-4-7-5(2)8-9-6(7)3/h4-6H,1-3H3/t5-,6+.